The van der Waals surface area contributed by atoms with Gasteiger partial charge in [-0.2, -0.15) is 0 Å². The van der Waals surface area contributed by atoms with Crippen LogP contribution >= 0.6 is 11.3 Å². The second-order valence-electron chi connectivity index (χ2n) is 6.34. The molecule has 1 amide bonds. The molecule has 0 saturated carbocycles. The highest BCUT2D eigenvalue weighted by Crippen LogP contribution is 2.22. The summed E-state index contributed by atoms with van der Waals surface area (Å²) in [6.45, 7) is 12.0. The molecule has 7 heteroatoms. The first-order valence-electron chi connectivity index (χ1n) is 8.57. The summed E-state index contributed by atoms with van der Waals surface area (Å²) in [6, 6.07) is 0.733. The van der Waals surface area contributed by atoms with Gasteiger partial charge >= 0.3 is 0 Å². The molecule has 1 aromatic heterocycles. The zero-order chi connectivity index (χ0) is 16.2. The Hall–Kier alpha value is -1.02. The second-order valence-corrected chi connectivity index (χ2v) is 7.18. The van der Waals surface area contributed by atoms with Gasteiger partial charge in [-0.1, -0.05) is 0 Å². The van der Waals surface area contributed by atoms with Crippen LogP contribution in [0.4, 0.5) is 5.13 Å². The van der Waals surface area contributed by atoms with Crippen LogP contribution in [0.3, 0.4) is 0 Å². The third-order valence-corrected chi connectivity index (χ3v) is 5.72. The van der Waals surface area contributed by atoms with E-state index in [1.165, 1.54) is 6.42 Å². The van der Waals surface area contributed by atoms with Crippen LogP contribution in [-0.2, 0) is 11.3 Å². The van der Waals surface area contributed by atoms with Crippen LogP contribution in [-0.4, -0.2) is 72.5 Å². The fourth-order valence-corrected chi connectivity index (χ4v) is 4.38. The Morgan fingerprint density at radius 2 is 2.22 bits per heavy atom. The summed E-state index contributed by atoms with van der Waals surface area (Å²) in [5.74, 6) is 0.0622. The van der Waals surface area contributed by atoms with Crippen LogP contribution in [0.15, 0.2) is 5.38 Å². The van der Waals surface area contributed by atoms with Gasteiger partial charge in [-0.25, -0.2) is 4.98 Å². The van der Waals surface area contributed by atoms with Crippen molar-refractivity contribution >= 4 is 22.4 Å². The minimum absolute atomic E-state index is 0.0622. The lowest BCUT2D eigenvalue weighted by Crippen LogP contribution is -2.50. The zero-order valence-corrected chi connectivity index (χ0v) is 14.9. The van der Waals surface area contributed by atoms with E-state index < -0.39 is 0 Å². The third kappa shape index (κ3) is 4.09. The summed E-state index contributed by atoms with van der Waals surface area (Å²) in [6.07, 6.45) is 1.29. The van der Waals surface area contributed by atoms with Gasteiger partial charge in [0.2, 0.25) is 5.91 Å². The summed E-state index contributed by atoms with van der Waals surface area (Å²) in [4.78, 5) is 23.1. The quantitative estimate of drug-likeness (QED) is 0.869. The molecule has 1 N–H and O–H groups in total. The van der Waals surface area contributed by atoms with Gasteiger partial charge in [-0.3, -0.25) is 19.5 Å². The van der Waals surface area contributed by atoms with E-state index in [2.05, 4.69) is 25.5 Å². The Morgan fingerprint density at radius 3 is 2.83 bits per heavy atom. The minimum atomic E-state index is 0.0622. The molecule has 1 atom stereocenters. The largest absolute Gasteiger partial charge is 0.315 e. The van der Waals surface area contributed by atoms with Gasteiger partial charge in [-0.15, -0.1) is 11.3 Å². The van der Waals surface area contributed by atoms with Crippen LogP contribution in [0.25, 0.3) is 0 Å². The fourth-order valence-electron chi connectivity index (χ4n) is 3.45. The van der Waals surface area contributed by atoms with E-state index in [1.54, 1.807) is 23.2 Å². The van der Waals surface area contributed by atoms with Crippen molar-refractivity contribution in [3.8, 4) is 0 Å². The minimum Gasteiger partial charge on any atom is -0.315 e. The molecule has 0 aliphatic carbocycles. The average molecular weight is 337 g/mol. The number of anilines is 1. The molecule has 3 rings (SSSR count). The van der Waals surface area contributed by atoms with E-state index in [0.29, 0.717) is 6.54 Å². The maximum Gasteiger partial charge on any atom is 0.225 e. The lowest BCUT2D eigenvalue weighted by atomic mass is 10.2. The van der Waals surface area contributed by atoms with E-state index in [1.807, 2.05) is 6.92 Å². The van der Waals surface area contributed by atoms with Gasteiger partial charge in [0.15, 0.2) is 5.13 Å². The van der Waals surface area contributed by atoms with Gasteiger partial charge in [0, 0.05) is 64.2 Å². The maximum absolute atomic E-state index is 11.6. The smallest absolute Gasteiger partial charge is 0.225 e. The molecular formula is C16H27N5OS. The summed E-state index contributed by atoms with van der Waals surface area (Å²) in [5, 5.41) is 6.37. The molecule has 0 spiro atoms. The molecule has 2 fully saturated rings. The van der Waals surface area contributed by atoms with Crippen molar-refractivity contribution < 1.29 is 4.79 Å². The topological polar surface area (TPSA) is 51.7 Å². The van der Waals surface area contributed by atoms with Crippen molar-refractivity contribution in [2.75, 3.05) is 50.7 Å². The number of carbonyl (C=O) groups is 1. The molecule has 0 bridgehead atoms. The Balaban J connectivity index is 1.51. The lowest BCUT2D eigenvalue weighted by molar-refractivity contribution is -0.116. The number of piperazine rings is 1. The number of aromatic nitrogens is 1. The van der Waals surface area contributed by atoms with E-state index in [-0.39, 0.29) is 5.91 Å². The number of nitrogens with zero attached hydrogens (tertiary/aromatic N) is 4. The Morgan fingerprint density at radius 1 is 1.43 bits per heavy atom. The lowest BCUT2D eigenvalue weighted by Gasteiger charge is -2.37. The van der Waals surface area contributed by atoms with Crippen LogP contribution in [0.1, 0.15) is 26.0 Å². The average Bonchev–Trinajstić information content (AvgIpc) is 3.21. The molecule has 6 nitrogen and oxygen atoms in total. The van der Waals surface area contributed by atoms with Gasteiger partial charge in [0.1, 0.15) is 0 Å². The van der Waals surface area contributed by atoms with Crippen molar-refractivity contribution in [2.24, 2.45) is 0 Å². The van der Waals surface area contributed by atoms with Crippen molar-refractivity contribution in [2.45, 2.75) is 32.9 Å². The van der Waals surface area contributed by atoms with E-state index in [9.17, 15) is 4.79 Å². The Bertz CT molecular complexity index is 520. The van der Waals surface area contributed by atoms with E-state index in [0.717, 1.165) is 62.7 Å². The molecule has 2 saturated heterocycles. The summed E-state index contributed by atoms with van der Waals surface area (Å²) in [7, 11) is 0. The van der Waals surface area contributed by atoms with Crippen LogP contribution in [0.5, 0.6) is 0 Å². The first-order valence-corrected chi connectivity index (χ1v) is 9.45. The molecule has 0 aromatic carbocycles. The van der Waals surface area contributed by atoms with Crippen LogP contribution in [0.2, 0.25) is 0 Å². The predicted molar refractivity (Wildman–Crippen MR) is 93.9 cm³/mol. The molecule has 2 aliphatic rings. The molecule has 128 valence electrons. The number of rotatable bonds is 5. The van der Waals surface area contributed by atoms with Crippen molar-refractivity contribution in [3.05, 3.63) is 11.1 Å². The van der Waals surface area contributed by atoms with Crippen LogP contribution in [0, 0.1) is 0 Å². The SMILES string of the molecule is CCN(C(C)=O)c1nc(CN2CCN(C3CCNC3)CC2)cs1. The van der Waals surface area contributed by atoms with E-state index >= 15 is 0 Å². The van der Waals surface area contributed by atoms with Crippen molar-refractivity contribution in [1.82, 2.24) is 20.1 Å². The molecule has 23 heavy (non-hydrogen) atoms. The number of amides is 1. The third-order valence-electron chi connectivity index (χ3n) is 4.81. The first-order chi connectivity index (χ1) is 11.2. The first kappa shape index (κ1) is 16.8. The highest BCUT2D eigenvalue weighted by Gasteiger charge is 2.26. The number of carbonyl (C=O) groups excluding carboxylic acids is 1. The van der Waals surface area contributed by atoms with Gasteiger partial charge in [-0.05, 0) is 19.9 Å². The molecular weight excluding hydrogens is 310 g/mol. The monoisotopic (exact) mass is 337 g/mol. The van der Waals surface area contributed by atoms with E-state index in [4.69, 9.17) is 0 Å². The predicted octanol–water partition coefficient (Wildman–Crippen LogP) is 0.995. The maximum atomic E-state index is 11.6. The van der Waals surface area contributed by atoms with Crippen LogP contribution < -0.4 is 10.2 Å². The number of hydrogen-bond acceptors (Lipinski definition) is 6. The highest BCUT2D eigenvalue weighted by molar-refractivity contribution is 7.14. The second kappa shape index (κ2) is 7.70. The summed E-state index contributed by atoms with van der Waals surface area (Å²) in [5.41, 5.74) is 1.08. The van der Waals surface area contributed by atoms with Gasteiger partial charge in [0.05, 0.1) is 5.69 Å². The number of hydrogen-bond donors (Lipinski definition) is 1. The highest BCUT2D eigenvalue weighted by atomic mass is 32.1. The normalized spacial score (nSPS) is 23.3. The summed E-state index contributed by atoms with van der Waals surface area (Å²) < 4.78 is 0. The van der Waals surface area contributed by atoms with Crippen molar-refractivity contribution in [1.29, 1.82) is 0 Å². The van der Waals surface area contributed by atoms with Gasteiger partial charge in [0.25, 0.3) is 0 Å². The van der Waals surface area contributed by atoms with Gasteiger partial charge < -0.3 is 5.32 Å². The molecule has 1 unspecified atom stereocenters. The summed E-state index contributed by atoms with van der Waals surface area (Å²) >= 11 is 1.57. The number of thiazole rings is 1. The molecule has 1 aromatic rings. The molecule has 2 aliphatic heterocycles. The number of nitrogens with one attached hydrogen (secondary N) is 1. The van der Waals surface area contributed by atoms with Crippen molar-refractivity contribution in [3.63, 3.8) is 0 Å². The molecule has 3 heterocycles. The standard InChI is InChI=1S/C16H27N5OS/c1-3-21(13(2)22)16-18-14(12-23-16)11-19-6-8-20(9-7-19)15-4-5-17-10-15/h12,15,17H,3-11H2,1-2H3. The Kier molecular flexibility index (Phi) is 5.63. The molecule has 0 radical (unpaired) electrons. The zero-order valence-electron chi connectivity index (χ0n) is 14.1. The fraction of sp³-hybridized carbons (Fsp3) is 0.750. The Labute approximate surface area is 142 Å².